The van der Waals surface area contributed by atoms with E-state index < -0.39 is 0 Å². The Labute approximate surface area is 174 Å². The van der Waals surface area contributed by atoms with Crippen molar-refractivity contribution in [2.75, 3.05) is 0 Å². The summed E-state index contributed by atoms with van der Waals surface area (Å²) in [6.07, 6.45) is 5.61. The highest BCUT2D eigenvalue weighted by atomic mass is 16.3. The third-order valence-electron chi connectivity index (χ3n) is 6.29. The van der Waals surface area contributed by atoms with Crippen LogP contribution >= 0.6 is 0 Å². The van der Waals surface area contributed by atoms with Crippen LogP contribution in [0.3, 0.4) is 0 Å². The molecule has 8 aromatic rings. The summed E-state index contributed by atoms with van der Waals surface area (Å²) in [7, 11) is 0. The van der Waals surface area contributed by atoms with Crippen LogP contribution in [0.5, 0.6) is 0 Å². The molecule has 0 amide bonds. The Morgan fingerprint density at radius 1 is 0.613 bits per heavy atom. The third-order valence-corrected chi connectivity index (χ3v) is 6.29. The zero-order valence-electron chi connectivity index (χ0n) is 16.2. The lowest BCUT2D eigenvalue weighted by Crippen LogP contribution is -1.93. The summed E-state index contributed by atoms with van der Waals surface area (Å²) in [4.78, 5) is 9.40. The highest BCUT2D eigenvalue weighted by Crippen LogP contribution is 2.46. The Morgan fingerprint density at radius 2 is 1.29 bits per heavy atom. The molecule has 144 valence electrons. The predicted molar refractivity (Wildman–Crippen MR) is 123 cm³/mol. The van der Waals surface area contributed by atoms with Gasteiger partial charge in [-0.15, -0.1) is 0 Å². The van der Waals surface area contributed by atoms with Gasteiger partial charge in [-0.05, 0) is 24.3 Å². The quantitative estimate of drug-likeness (QED) is 0.262. The second-order valence-corrected chi connectivity index (χ2v) is 7.85. The predicted octanol–water partition coefficient (Wildman–Crippen LogP) is 6.83. The van der Waals surface area contributed by atoms with E-state index in [1.165, 1.54) is 0 Å². The van der Waals surface area contributed by atoms with E-state index in [9.17, 15) is 0 Å². The molecule has 5 nitrogen and oxygen atoms in total. The zero-order chi connectivity index (χ0) is 20.1. The van der Waals surface area contributed by atoms with Crippen LogP contribution in [-0.2, 0) is 0 Å². The van der Waals surface area contributed by atoms with E-state index in [1.54, 1.807) is 0 Å². The maximum Gasteiger partial charge on any atom is 0.161 e. The molecule has 5 aromatic heterocycles. The summed E-state index contributed by atoms with van der Waals surface area (Å²) < 4.78 is 15.1. The molecule has 0 atom stereocenters. The molecular weight excluding hydrogens is 386 g/mol. The van der Waals surface area contributed by atoms with Crippen molar-refractivity contribution in [3.05, 3.63) is 79.3 Å². The summed E-state index contributed by atoms with van der Waals surface area (Å²) in [5.41, 5.74) is 6.00. The minimum atomic E-state index is 0.825. The first-order chi connectivity index (χ1) is 15.4. The van der Waals surface area contributed by atoms with Crippen LogP contribution in [0.15, 0.2) is 88.1 Å². The fourth-order valence-corrected chi connectivity index (χ4v) is 5.07. The summed E-state index contributed by atoms with van der Waals surface area (Å²) >= 11 is 0. The monoisotopic (exact) mass is 399 g/mol. The molecule has 5 heterocycles. The molecule has 0 saturated heterocycles. The molecule has 0 aliphatic carbocycles. The standard InChI is InChI=1S/C26H13N3O2/c1-3-9-17-14(6-1)19-20-15-7-2-4-10-18(15)31-25(20)23-21(24(19)30-17)22-16(8-5-11-27-22)26-28-12-13-29(23)26/h1-13H. The number of pyridine rings is 2. The number of imidazole rings is 1. The van der Waals surface area contributed by atoms with Gasteiger partial charge in [0.25, 0.3) is 0 Å². The van der Waals surface area contributed by atoms with Crippen molar-refractivity contribution in [3.8, 4) is 0 Å². The second kappa shape index (κ2) is 5.21. The van der Waals surface area contributed by atoms with Gasteiger partial charge in [0.15, 0.2) is 5.58 Å². The van der Waals surface area contributed by atoms with Gasteiger partial charge in [-0.25, -0.2) is 4.98 Å². The van der Waals surface area contributed by atoms with Crippen LogP contribution in [0.4, 0.5) is 0 Å². The van der Waals surface area contributed by atoms with E-state index in [0.717, 1.165) is 71.3 Å². The number of fused-ring (bicyclic) bond motifs is 15. The van der Waals surface area contributed by atoms with Crippen LogP contribution in [0.1, 0.15) is 0 Å². The van der Waals surface area contributed by atoms with E-state index in [-0.39, 0.29) is 0 Å². The molecule has 0 saturated carbocycles. The SMILES string of the molecule is c1ccc2c(c1)oc1c2c2c3ccccc3oc2c2c1c1ncccc1c1nccn12. The highest BCUT2D eigenvalue weighted by Gasteiger charge is 2.24. The van der Waals surface area contributed by atoms with E-state index in [4.69, 9.17) is 13.8 Å². The second-order valence-electron chi connectivity index (χ2n) is 7.85. The van der Waals surface area contributed by atoms with Crippen LogP contribution < -0.4 is 0 Å². The Bertz CT molecular complexity index is 2010. The number of furan rings is 2. The van der Waals surface area contributed by atoms with Crippen molar-refractivity contribution in [2.45, 2.75) is 0 Å². The largest absolute Gasteiger partial charge is 0.455 e. The lowest BCUT2D eigenvalue weighted by molar-refractivity contribution is 0.667. The third kappa shape index (κ3) is 1.74. The van der Waals surface area contributed by atoms with Gasteiger partial charge in [0.1, 0.15) is 27.9 Å². The van der Waals surface area contributed by atoms with Crippen molar-refractivity contribution in [1.82, 2.24) is 14.4 Å². The fourth-order valence-electron chi connectivity index (χ4n) is 5.07. The van der Waals surface area contributed by atoms with E-state index in [0.29, 0.717) is 0 Å². The minimum absolute atomic E-state index is 0.825. The Balaban J connectivity index is 1.88. The molecule has 0 bridgehead atoms. The lowest BCUT2D eigenvalue weighted by atomic mass is 10.0. The van der Waals surface area contributed by atoms with Crippen molar-refractivity contribution in [1.29, 1.82) is 0 Å². The molecule has 5 heteroatoms. The molecule has 0 fully saturated rings. The van der Waals surface area contributed by atoms with Crippen LogP contribution in [0.25, 0.3) is 71.3 Å². The van der Waals surface area contributed by atoms with Gasteiger partial charge in [0, 0.05) is 45.5 Å². The van der Waals surface area contributed by atoms with Gasteiger partial charge in [0.05, 0.1) is 10.9 Å². The van der Waals surface area contributed by atoms with Crippen LogP contribution in [0.2, 0.25) is 0 Å². The Morgan fingerprint density at radius 3 is 2.10 bits per heavy atom. The molecule has 0 aliphatic rings. The fraction of sp³-hybridized carbons (Fsp3) is 0. The average molecular weight is 399 g/mol. The molecule has 0 spiro atoms. The molecule has 3 aromatic carbocycles. The molecule has 0 radical (unpaired) electrons. The lowest BCUT2D eigenvalue weighted by Gasteiger charge is -2.09. The van der Waals surface area contributed by atoms with Crippen LogP contribution in [0, 0.1) is 0 Å². The number of nitrogens with zero attached hydrogens (tertiary/aromatic N) is 3. The summed E-state index contributed by atoms with van der Waals surface area (Å²) in [5.74, 6) is 0. The molecule has 31 heavy (non-hydrogen) atoms. The highest BCUT2D eigenvalue weighted by molar-refractivity contribution is 6.37. The Hall–Kier alpha value is -4.38. The van der Waals surface area contributed by atoms with Gasteiger partial charge in [0.2, 0.25) is 0 Å². The summed E-state index contributed by atoms with van der Waals surface area (Å²) in [6.45, 7) is 0. The summed E-state index contributed by atoms with van der Waals surface area (Å²) in [5, 5.41) is 6.20. The number of hydrogen-bond acceptors (Lipinski definition) is 4. The number of rotatable bonds is 0. The van der Waals surface area contributed by atoms with Crippen molar-refractivity contribution < 1.29 is 8.83 Å². The summed E-state index contributed by atoms with van der Waals surface area (Å²) in [6, 6.07) is 20.3. The van der Waals surface area contributed by atoms with Crippen molar-refractivity contribution in [2.24, 2.45) is 0 Å². The van der Waals surface area contributed by atoms with E-state index in [2.05, 4.69) is 27.6 Å². The van der Waals surface area contributed by atoms with E-state index >= 15 is 0 Å². The van der Waals surface area contributed by atoms with Gasteiger partial charge in [-0.1, -0.05) is 36.4 Å². The Kier molecular flexibility index (Phi) is 2.60. The van der Waals surface area contributed by atoms with Crippen molar-refractivity contribution >= 4 is 71.3 Å². The number of para-hydroxylation sites is 2. The molecule has 0 unspecified atom stereocenters. The maximum absolute atomic E-state index is 6.51. The van der Waals surface area contributed by atoms with Gasteiger partial charge in [-0.2, -0.15) is 0 Å². The first kappa shape index (κ1) is 15.5. The van der Waals surface area contributed by atoms with Crippen molar-refractivity contribution in [3.63, 3.8) is 0 Å². The zero-order valence-corrected chi connectivity index (χ0v) is 16.2. The molecular formula is C26H13N3O2. The molecule has 8 rings (SSSR count). The van der Waals surface area contributed by atoms with Gasteiger partial charge in [-0.3, -0.25) is 9.38 Å². The van der Waals surface area contributed by atoms with Crippen LogP contribution in [-0.4, -0.2) is 14.4 Å². The normalized spacial score (nSPS) is 12.5. The smallest absolute Gasteiger partial charge is 0.161 e. The topological polar surface area (TPSA) is 56.5 Å². The van der Waals surface area contributed by atoms with E-state index in [1.807, 2.05) is 61.1 Å². The first-order valence-corrected chi connectivity index (χ1v) is 10.2. The maximum atomic E-state index is 6.51. The number of aromatic nitrogens is 3. The van der Waals surface area contributed by atoms with Gasteiger partial charge >= 0.3 is 0 Å². The molecule has 0 aliphatic heterocycles. The average Bonchev–Trinajstić information content (AvgIpc) is 3.53. The van der Waals surface area contributed by atoms with Gasteiger partial charge < -0.3 is 8.83 Å². The number of benzene rings is 3. The molecule has 0 N–H and O–H groups in total. The number of hydrogen-bond donors (Lipinski definition) is 0. The first-order valence-electron chi connectivity index (χ1n) is 10.2. The minimum Gasteiger partial charge on any atom is -0.455 e.